The molecule has 1 aromatic heterocycles. The van der Waals surface area contributed by atoms with Crippen molar-refractivity contribution >= 4 is 28.6 Å². The van der Waals surface area contributed by atoms with E-state index in [0.717, 1.165) is 6.07 Å². The van der Waals surface area contributed by atoms with Crippen LogP contribution >= 0.6 is 11.8 Å². The number of carbonyl (C=O) groups is 1. The largest absolute Gasteiger partial charge is 0.462 e. The molecule has 4 nitrogen and oxygen atoms in total. The number of aryl methyl sites for hydroxylation is 1. The lowest BCUT2D eigenvalue weighted by molar-refractivity contribution is 0.0518. The van der Waals surface area contributed by atoms with E-state index < -0.39 is 23.0 Å². The van der Waals surface area contributed by atoms with Crippen LogP contribution in [0.5, 0.6) is 0 Å². The number of hydrogen-bond donors (Lipinski definition) is 0. The van der Waals surface area contributed by atoms with E-state index in [2.05, 4.69) is 0 Å². The molecule has 116 valence electrons. The van der Waals surface area contributed by atoms with Gasteiger partial charge in [0.25, 0.3) is 0 Å². The molecule has 7 heteroatoms. The summed E-state index contributed by atoms with van der Waals surface area (Å²) >= 11 is 1.33. The lowest BCUT2D eigenvalue weighted by Gasteiger charge is -2.33. The minimum atomic E-state index is -1.10. The molecule has 0 spiro atoms. The fourth-order valence-electron chi connectivity index (χ4n) is 2.69. The highest BCUT2D eigenvalue weighted by Crippen LogP contribution is 2.47. The highest BCUT2D eigenvalue weighted by molar-refractivity contribution is 8.00. The molecule has 0 bridgehead atoms. The zero-order chi connectivity index (χ0) is 16.2. The number of pyridine rings is 1. The first-order valence-electron chi connectivity index (χ1n) is 6.79. The Bertz CT molecular complexity index is 876. The van der Waals surface area contributed by atoms with E-state index in [-0.39, 0.29) is 28.5 Å². The molecule has 1 unspecified atom stereocenters. The van der Waals surface area contributed by atoms with Crippen LogP contribution in [0.15, 0.2) is 15.9 Å². The van der Waals surface area contributed by atoms with Crippen molar-refractivity contribution < 1.29 is 18.3 Å². The van der Waals surface area contributed by atoms with E-state index in [9.17, 15) is 18.4 Å². The van der Waals surface area contributed by atoms with Crippen LogP contribution in [0.2, 0.25) is 0 Å². The summed E-state index contributed by atoms with van der Waals surface area (Å²) in [7, 11) is 0. The quantitative estimate of drug-likeness (QED) is 0.794. The van der Waals surface area contributed by atoms with Gasteiger partial charge in [-0.3, -0.25) is 4.79 Å². The lowest BCUT2D eigenvalue weighted by atomic mass is 10.1. The van der Waals surface area contributed by atoms with Gasteiger partial charge >= 0.3 is 5.97 Å². The summed E-state index contributed by atoms with van der Waals surface area (Å²) in [6.45, 7) is 5.05. The molecule has 1 atom stereocenters. The highest BCUT2D eigenvalue weighted by atomic mass is 32.2. The van der Waals surface area contributed by atoms with Gasteiger partial charge in [-0.2, -0.15) is 0 Å². The van der Waals surface area contributed by atoms with E-state index in [1.807, 2.05) is 6.92 Å². The summed E-state index contributed by atoms with van der Waals surface area (Å²) < 4.78 is 34.1. The van der Waals surface area contributed by atoms with Gasteiger partial charge in [0.1, 0.15) is 5.56 Å². The number of nitrogens with zero attached hydrogens (tertiary/aromatic N) is 1. The number of benzene rings is 1. The van der Waals surface area contributed by atoms with Crippen molar-refractivity contribution in [2.24, 2.45) is 0 Å². The molecular formula is C15H13F2NO3S. The Hall–Kier alpha value is -1.89. The van der Waals surface area contributed by atoms with E-state index >= 15 is 0 Å². The molecule has 1 aliphatic rings. The van der Waals surface area contributed by atoms with Gasteiger partial charge in [-0.15, -0.1) is 0 Å². The Labute approximate surface area is 129 Å². The van der Waals surface area contributed by atoms with Crippen LogP contribution in [0, 0.1) is 18.6 Å². The SMILES string of the molecule is CCOC(=O)c1c2n(c3c(C)c(F)c(F)cc3c1=O)C(C)S2. The van der Waals surface area contributed by atoms with E-state index in [1.54, 1.807) is 11.5 Å². The summed E-state index contributed by atoms with van der Waals surface area (Å²) in [6, 6.07) is 0.853. The average molecular weight is 325 g/mol. The second-order valence-corrected chi connectivity index (χ2v) is 6.32. The minimum Gasteiger partial charge on any atom is -0.462 e. The van der Waals surface area contributed by atoms with E-state index in [1.165, 1.54) is 18.7 Å². The number of thioether (sulfide) groups is 1. The van der Waals surface area contributed by atoms with Crippen molar-refractivity contribution in [3.05, 3.63) is 39.1 Å². The molecule has 0 fully saturated rings. The fourth-order valence-corrected chi connectivity index (χ4v) is 3.83. The van der Waals surface area contributed by atoms with Gasteiger partial charge in [-0.1, -0.05) is 11.8 Å². The van der Waals surface area contributed by atoms with Gasteiger partial charge in [-0.25, -0.2) is 13.6 Å². The maximum atomic E-state index is 13.8. The number of aromatic nitrogens is 1. The minimum absolute atomic E-state index is 0.00430. The van der Waals surface area contributed by atoms with Gasteiger partial charge in [0, 0.05) is 5.56 Å². The topological polar surface area (TPSA) is 48.3 Å². The van der Waals surface area contributed by atoms with Crippen molar-refractivity contribution in [2.75, 3.05) is 6.61 Å². The standard InChI is InChI=1S/C15H13F2NO3S/c1-4-21-15(20)10-13(19)8-5-9(16)11(17)6(2)12(8)18-7(3)22-14(10)18/h5,7H,4H2,1-3H3. The van der Waals surface area contributed by atoms with E-state index in [0.29, 0.717) is 10.5 Å². The van der Waals surface area contributed by atoms with Gasteiger partial charge in [0.15, 0.2) is 11.6 Å². The molecule has 0 N–H and O–H groups in total. The molecule has 0 saturated heterocycles. The molecule has 22 heavy (non-hydrogen) atoms. The van der Waals surface area contributed by atoms with Crippen LogP contribution in [0.3, 0.4) is 0 Å². The third kappa shape index (κ3) is 1.88. The smallest absolute Gasteiger partial charge is 0.344 e. The molecule has 0 radical (unpaired) electrons. The molecule has 0 saturated carbocycles. The van der Waals surface area contributed by atoms with Crippen molar-refractivity contribution in [1.29, 1.82) is 0 Å². The average Bonchev–Trinajstić information content (AvgIpc) is 2.46. The number of halogens is 2. The third-order valence-electron chi connectivity index (χ3n) is 3.69. The van der Waals surface area contributed by atoms with E-state index in [4.69, 9.17) is 4.74 Å². The Morgan fingerprint density at radius 2 is 2.14 bits per heavy atom. The van der Waals surface area contributed by atoms with Crippen LogP contribution in [0.25, 0.3) is 10.9 Å². The number of fused-ring (bicyclic) bond motifs is 3. The van der Waals surface area contributed by atoms with Crippen LogP contribution in [-0.2, 0) is 4.74 Å². The highest BCUT2D eigenvalue weighted by Gasteiger charge is 2.34. The number of rotatable bonds is 2. The molecule has 0 aliphatic carbocycles. The summed E-state index contributed by atoms with van der Waals surface area (Å²) in [5, 5.41) is 0.364. The van der Waals surface area contributed by atoms with Crippen LogP contribution in [0.4, 0.5) is 8.78 Å². The van der Waals surface area contributed by atoms with Crippen molar-refractivity contribution in [3.63, 3.8) is 0 Å². The first-order valence-corrected chi connectivity index (χ1v) is 7.67. The Balaban J connectivity index is 2.46. The molecule has 0 amide bonds. The zero-order valence-electron chi connectivity index (χ0n) is 12.2. The van der Waals surface area contributed by atoms with Crippen LogP contribution < -0.4 is 5.43 Å². The van der Waals surface area contributed by atoms with Crippen molar-refractivity contribution in [3.8, 4) is 0 Å². The number of hydrogen-bond acceptors (Lipinski definition) is 4. The molecule has 2 aromatic rings. The molecule has 2 heterocycles. The number of esters is 1. The second kappa shape index (κ2) is 5.08. The first-order chi connectivity index (χ1) is 10.4. The fraction of sp³-hybridized carbons (Fsp3) is 0.333. The van der Waals surface area contributed by atoms with Gasteiger partial charge in [-0.05, 0) is 26.8 Å². The first kappa shape index (κ1) is 15.0. The van der Waals surface area contributed by atoms with Crippen molar-refractivity contribution in [2.45, 2.75) is 31.2 Å². The summed E-state index contributed by atoms with van der Waals surface area (Å²) in [6.07, 6.45) is 0. The van der Waals surface area contributed by atoms with Crippen LogP contribution in [-0.4, -0.2) is 17.1 Å². The maximum absolute atomic E-state index is 13.8. The molecular weight excluding hydrogens is 312 g/mol. The maximum Gasteiger partial charge on any atom is 0.344 e. The lowest BCUT2D eigenvalue weighted by Crippen LogP contribution is -2.29. The van der Waals surface area contributed by atoms with Crippen LogP contribution in [0.1, 0.15) is 35.1 Å². The Morgan fingerprint density at radius 3 is 2.73 bits per heavy atom. The Morgan fingerprint density at radius 1 is 1.45 bits per heavy atom. The monoisotopic (exact) mass is 325 g/mol. The molecule has 3 rings (SSSR count). The van der Waals surface area contributed by atoms with Crippen molar-refractivity contribution in [1.82, 2.24) is 4.57 Å². The number of ether oxygens (including phenoxy) is 1. The molecule has 1 aromatic carbocycles. The zero-order valence-corrected chi connectivity index (χ0v) is 13.0. The van der Waals surface area contributed by atoms with Gasteiger partial charge < -0.3 is 9.30 Å². The van der Waals surface area contributed by atoms with Gasteiger partial charge in [0.2, 0.25) is 5.43 Å². The number of carbonyl (C=O) groups excluding carboxylic acids is 1. The second-order valence-electron chi connectivity index (χ2n) is 5.01. The normalized spacial score (nSPS) is 16.3. The van der Waals surface area contributed by atoms with Gasteiger partial charge in [0.05, 0.1) is 27.9 Å². The Kier molecular flexibility index (Phi) is 3.47. The summed E-state index contributed by atoms with van der Waals surface area (Å²) in [4.78, 5) is 24.6. The summed E-state index contributed by atoms with van der Waals surface area (Å²) in [5.74, 6) is -2.81. The predicted molar refractivity (Wildman–Crippen MR) is 79.4 cm³/mol. The third-order valence-corrected chi connectivity index (χ3v) is 4.87. The predicted octanol–water partition coefficient (Wildman–Crippen LogP) is 3.39. The molecule has 1 aliphatic heterocycles. The summed E-state index contributed by atoms with van der Waals surface area (Å²) in [5.41, 5.74) is -0.335.